The van der Waals surface area contributed by atoms with Crippen molar-refractivity contribution in [2.75, 3.05) is 10.6 Å². The summed E-state index contributed by atoms with van der Waals surface area (Å²) in [7, 11) is 0. The molecule has 3 aromatic carbocycles. The molecule has 1 fully saturated rings. The van der Waals surface area contributed by atoms with Crippen molar-refractivity contribution in [3.8, 4) is 0 Å². The first-order valence-electron chi connectivity index (χ1n) is 13.6. The molecule has 2 atom stereocenters. The van der Waals surface area contributed by atoms with E-state index in [0.717, 1.165) is 35.6 Å². The second-order valence-corrected chi connectivity index (χ2v) is 11.7. The molecule has 6 heteroatoms. The van der Waals surface area contributed by atoms with Gasteiger partial charge in [-0.25, -0.2) is 9.37 Å². The minimum absolute atomic E-state index is 0.249. The number of benzene rings is 3. The number of aryl methyl sites for hydroxylation is 1. The van der Waals surface area contributed by atoms with Gasteiger partial charge in [0.25, 0.3) is 5.91 Å². The first-order chi connectivity index (χ1) is 18.2. The van der Waals surface area contributed by atoms with Crippen LogP contribution >= 0.6 is 0 Å². The van der Waals surface area contributed by atoms with E-state index in [1.54, 1.807) is 12.1 Å². The number of hydrogen-bond acceptors (Lipinski definition) is 3. The lowest BCUT2D eigenvalue weighted by atomic mass is 9.68. The average Bonchev–Trinajstić information content (AvgIpc) is 3.20. The molecule has 0 radical (unpaired) electrons. The number of nitrogens with one attached hydrogen (secondary N) is 2. The van der Waals surface area contributed by atoms with E-state index in [4.69, 9.17) is 4.98 Å². The Labute approximate surface area is 224 Å². The molecule has 4 aromatic rings. The number of nitrogens with zero attached hydrogens (tertiary/aromatic N) is 2. The second kappa shape index (κ2) is 10.6. The van der Waals surface area contributed by atoms with Crippen LogP contribution in [0.5, 0.6) is 0 Å². The quantitative estimate of drug-likeness (QED) is 0.262. The normalized spacial score (nSPS) is 18.9. The molecule has 0 saturated heterocycles. The minimum atomic E-state index is -0.338. The zero-order chi connectivity index (χ0) is 26.9. The van der Waals surface area contributed by atoms with Crippen molar-refractivity contribution in [3.05, 3.63) is 83.7 Å². The van der Waals surface area contributed by atoms with E-state index < -0.39 is 0 Å². The van der Waals surface area contributed by atoms with Gasteiger partial charge in [-0.1, -0.05) is 39.8 Å². The predicted molar refractivity (Wildman–Crippen MR) is 153 cm³/mol. The highest BCUT2D eigenvalue weighted by Crippen LogP contribution is 2.43. The first-order valence-corrected chi connectivity index (χ1v) is 13.6. The maximum atomic E-state index is 13.3. The Kier molecular flexibility index (Phi) is 7.24. The van der Waals surface area contributed by atoms with E-state index in [1.165, 1.54) is 37.0 Å². The summed E-state index contributed by atoms with van der Waals surface area (Å²) in [6.07, 6.45) is 4.64. The van der Waals surface area contributed by atoms with Gasteiger partial charge < -0.3 is 15.2 Å². The molecule has 2 unspecified atom stereocenters. The Hall–Kier alpha value is -3.67. The van der Waals surface area contributed by atoms with E-state index in [1.807, 2.05) is 18.2 Å². The van der Waals surface area contributed by atoms with Crippen molar-refractivity contribution in [3.63, 3.8) is 0 Å². The van der Waals surface area contributed by atoms with Crippen LogP contribution < -0.4 is 10.6 Å². The molecule has 1 saturated carbocycles. The Morgan fingerprint density at radius 2 is 1.74 bits per heavy atom. The topological polar surface area (TPSA) is 59.0 Å². The van der Waals surface area contributed by atoms with Crippen molar-refractivity contribution < 1.29 is 9.18 Å². The molecule has 1 heterocycles. The van der Waals surface area contributed by atoms with Crippen molar-refractivity contribution in [2.45, 2.75) is 59.9 Å². The highest BCUT2D eigenvalue weighted by molar-refractivity contribution is 6.06. The van der Waals surface area contributed by atoms with Gasteiger partial charge in [0, 0.05) is 23.5 Å². The van der Waals surface area contributed by atoms with Crippen LogP contribution in [0, 0.1) is 23.1 Å². The van der Waals surface area contributed by atoms with Crippen LogP contribution in [0.4, 0.5) is 21.7 Å². The molecule has 5 rings (SSSR count). The number of carbonyl (C=O) groups is 1. The van der Waals surface area contributed by atoms with Crippen LogP contribution in [0.3, 0.4) is 0 Å². The summed E-state index contributed by atoms with van der Waals surface area (Å²) >= 11 is 0. The molecule has 38 heavy (non-hydrogen) atoms. The van der Waals surface area contributed by atoms with Gasteiger partial charge in [0.2, 0.25) is 5.95 Å². The fourth-order valence-corrected chi connectivity index (χ4v) is 6.18. The Morgan fingerprint density at radius 3 is 2.42 bits per heavy atom. The van der Waals surface area contributed by atoms with Gasteiger partial charge in [-0.2, -0.15) is 0 Å². The van der Waals surface area contributed by atoms with E-state index in [0.29, 0.717) is 28.5 Å². The molecule has 0 bridgehead atoms. The molecule has 2 N–H and O–H groups in total. The summed E-state index contributed by atoms with van der Waals surface area (Å²) in [5.41, 5.74) is 5.45. The molecular weight excluding hydrogens is 475 g/mol. The van der Waals surface area contributed by atoms with Crippen LogP contribution in [-0.4, -0.2) is 15.5 Å². The third-order valence-corrected chi connectivity index (χ3v) is 7.65. The molecule has 1 aliphatic rings. The lowest BCUT2D eigenvalue weighted by molar-refractivity contribution is 0.102. The number of fused-ring (bicyclic) bond motifs is 1. The van der Waals surface area contributed by atoms with Gasteiger partial charge in [-0.15, -0.1) is 0 Å². The molecule has 1 aromatic heterocycles. The van der Waals surface area contributed by atoms with Crippen LogP contribution in [0.1, 0.15) is 62.9 Å². The number of amides is 1. The lowest BCUT2D eigenvalue weighted by Gasteiger charge is -2.39. The highest BCUT2D eigenvalue weighted by Gasteiger charge is 2.32. The number of halogens is 1. The summed E-state index contributed by atoms with van der Waals surface area (Å²) in [6, 6.07) is 19.9. The number of carbonyl (C=O) groups excluding carboxylic acids is 1. The summed E-state index contributed by atoms with van der Waals surface area (Å²) in [5, 5.41) is 6.39. The second-order valence-electron chi connectivity index (χ2n) is 11.7. The zero-order valence-corrected chi connectivity index (χ0v) is 22.7. The summed E-state index contributed by atoms with van der Waals surface area (Å²) in [4.78, 5) is 17.9. The van der Waals surface area contributed by atoms with Crippen LogP contribution in [0.2, 0.25) is 0 Å². The number of aromatic nitrogens is 2. The Bertz CT molecular complexity index is 1420. The zero-order valence-electron chi connectivity index (χ0n) is 22.7. The van der Waals surface area contributed by atoms with E-state index in [2.05, 4.69) is 67.2 Å². The number of rotatable bonds is 7. The Morgan fingerprint density at radius 1 is 1.03 bits per heavy atom. The van der Waals surface area contributed by atoms with Gasteiger partial charge in [-0.3, -0.25) is 4.79 Å². The summed E-state index contributed by atoms with van der Waals surface area (Å²) in [5.74, 6) is 1.45. The Balaban J connectivity index is 1.47. The molecule has 0 aliphatic heterocycles. The smallest absolute Gasteiger partial charge is 0.255 e. The fourth-order valence-electron chi connectivity index (χ4n) is 6.18. The van der Waals surface area contributed by atoms with E-state index in [9.17, 15) is 9.18 Å². The number of imidazole rings is 1. The van der Waals surface area contributed by atoms with Gasteiger partial charge in [0.1, 0.15) is 5.82 Å². The van der Waals surface area contributed by atoms with Crippen molar-refractivity contribution in [2.24, 2.45) is 17.3 Å². The van der Waals surface area contributed by atoms with Crippen LogP contribution in [-0.2, 0) is 13.0 Å². The predicted octanol–water partition coefficient (Wildman–Crippen LogP) is 8.20. The van der Waals surface area contributed by atoms with Gasteiger partial charge in [-0.05, 0) is 103 Å². The average molecular weight is 513 g/mol. The van der Waals surface area contributed by atoms with Crippen molar-refractivity contribution in [1.29, 1.82) is 0 Å². The SMILES string of the molecule is CCc1ccc(Nc2nc3cc(C(=O)Nc4ccc(F)cc4)ccc3n2CC2CC(C)CC(C)(C)C2)cc1. The third-order valence-electron chi connectivity index (χ3n) is 7.65. The minimum Gasteiger partial charge on any atom is -0.326 e. The molecule has 5 nitrogen and oxygen atoms in total. The van der Waals surface area contributed by atoms with Crippen LogP contribution in [0.15, 0.2) is 66.7 Å². The number of anilines is 3. The van der Waals surface area contributed by atoms with Crippen molar-refractivity contribution in [1.82, 2.24) is 9.55 Å². The molecule has 0 spiro atoms. The summed E-state index contributed by atoms with van der Waals surface area (Å²) < 4.78 is 15.5. The third kappa shape index (κ3) is 5.90. The van der Waals surface area contributed by atoms with Gasteiger partial charge in [0.15, 0.2) is 0 Å². The summed E-state index contributed by atoms with van der Waals surface area (Å²) in [6.45, 7) is 10.1. The maximum Gasteiger partial charge on any atom is 0.255 e. The van der Waals surface area contributed by atoms with Crippen molar-refractivity contribution >= 4 is 34.3 Å². The molecule has 1 amide bonds. The molecule has 1 aliphatic carbocycles. The number of hydrogen-bond donors (Lipinski definition) is 2. The largest absolute Gasteiger partial charge is 0.326 e. The fraction of sp³-hybridized carbons (Fsp3) is 0.375. The highest BCUT2D eigenvalue weighted by atomic mass is 19.1. The monoisotopic (exact) mass is 512 g/mol. The lowest BCUT2D eigenvalue weighted by Crippen LogP contribution is -2.30. The van der Waals surface area contributed by atoms with Gasteiger partial charge >= 0.3 is 0 Å². The molecule has 198 valence electrons. The molecular formula is C32H37FN4O. The standard InChI is InChI=1S/C32H37FN4O/c1-5-22-6-11-27(12-7-22)35-31-36-28-17-24(30(38)34-26-13-9-25(33)10-14-26)8-15-29(28)37(31)20-23-16-21(2)18-32(3,4)19-23/h6-15,17,21,23H,5,16,18-20H2,1-4H3,(H,34,38)(H,35,36). The van der Waals surface area contributed by atoms with E-state index >= 15 is 0 Å². The first kappa shape index (κ1) is 26.0. The van der Waals surface area contributed by atoms with Gasteiger partial charge in [0.05, 0.1) is 11.0 Å². The van der Waals surface area contributed by atoms with Crippen LogP contribution in [0.25, 0.3) is 11.0 Å². The maximum absolute atomic E-state index is 13.3. The van der Waals surface area contributed by atoms with E-state index in [-0.39, 0.29) is 11.7 Å².